The van der Waals surface area contributed by atoms with Gasteiger partial charge in [-0.3, -0.25) is 9.59 Å². The summed E-state index contributed by atoms with van der Waals surface area (Å²) in [6.07, 6.45) is 3.56. The topological polar surface area (TPSA) is 203 Å². The van der Waals surface area contributed by atoms with Crippen LogP contribution in [-0.4, -0.2) is 69.7 Å². The summed E-state index contributed by atoms with van der Waals surface area (Å²) in [5.74, 6) is -0.816. The van der Waals surface area contributed by atoms with E-state index in [1.165, 1.54) is 0 Å². The van der Waals surface area contributed by atoms with Crippen molar-refractivity contribution in [1.82, 2.24) is 10.6 Å². The lowest BCUT2D eigenvalue weighted by Crippen LogP contribution is -2.51. The zero-order chi connectivity index (χ0) is 29.3. The SMILES string of the molecule is C.CC(C)(C)OC(=O)N[C@@H](CC1CCC1)[C@@H](O)C(N)=O.CC(C)(C)OC(=O)N[C@H](CC1CCC1)[C@H](O)C(N)=O.S.S. The smallest absolute Gasteiger partial charge is 0.407 e. The first-order chi connectivity index (χ1) is 17.4. The molecule has 2 fully saturated rings. The summed E-state index contributed by atoms with van der Waals surface area (Å²) in [5, 5.41) is 24.6. The molecule has 244 valence electrons. The number of hydrogen-bond acceptors (Lipinski definition) is 8. The van der Waals surface area contributed by atoms with E-state index in [0.717, 1.165) is 38.5 Å². The van der Waals surface area contributed by atoms with Crippen LogP contribution in [0, 0.1) is 11.8 Å². The standard InChI is InChI=1S/2C13H24N2O4.CH4.2H2S/c2*1-13(2,3)19-12(18)15-9(10(16)11(14)17)7-8-5-4-6-8;;;/h2*8-10,16H,4-7H2,1-3H3,(H2,14,17)(H,15,18);1H4;2*1H2/t2*9-,10+;;;/m10.../s1. The van der Waals surface area contributed by atoms with Crippen molar-refractivity contribution in [3.63, 3.8) is 0 Å². The zero-order valence-electron chi connectivity index (χ0n) is 24.6. The van der Waals surface area contributed by atoms with Gasteiger partial charge in [-0.05, 0) is 66.2 Å². The average Bonchev–Trinajstić information content (AvgIpc) is 2.67. The van der Waals surface area contributed by atoms with Crippen molar-refractivity contribution in [2.75, 3.05) is 0 Å². The van der Waals surface area contributed by atoms with Gasteiger partial charge in [0.1, 0.15) is 11.2 Å². The van der Waals surface area contributed by atoms with Gasteiger partial charge < -0.3 is 41.8 Å². The Balaban J connectivity index is -0.000000656. The molecule has 41 heavy (non-hydrogen) atoms. The molecular formula is C27H56N4O8S2. The largest absolute Gasteiger partial charge is 0.444 e. The minimum absolute atomic E-state index is 0. The zero-order valence-corrected chi connectivity index (χ0v) is 26.6. The minimum atomic E-state index is -1.38. The second-order valence-electron chi connectivity index (χ2n) is 12.3. The van der Waals surface area contributed by atoms with Crippen LogP contribution in [0.25, 0.3) is 0 Å². The number of primary amides is 2. The van der Waals surface area contributed by atoms with Crippen molar-refractivity contribution >= 4 is 51.0 Å². The van der Waals surface area contributed by atoms with Crippen LogP contribution in [0.4, 0.5) is 9.59 Å². The number of rotatable bonds is 10. The van der Waals surface area contributed by atoms with Crippen LogP contribution in [0.2, 0.25) is 0 Å². The molecule has 0 unspecified atom stereocenters. The van der Waals surface area contributed by atoms with Crippen molar-refractivity contribution < 1.29 is 38.9 Å². The fourth-order valence-corrected chi connectivity index (χ4v) is 4.02. The summed E-state index contributed by atoms with van der Waals surface area (Å²) in [7, 11) is 0. The Kier molecular flexibility index (Phi) is 20.5. The van der Waals surface area contributed by atoms with E-state index < -0.39 is 59.5 Å². The molecule has 2 aliphatic rings. The number of ether oxygens (including phenoxy) is 2. The van der Waals surface area contributed by atoms with E-state index in [0.29, 0.717) is 24.7 Å². The van der Waals surface area contributed by atoms with Crippen LogP contribution in [0.3, 0.4) is 0 Å². The van der Waals surface area contributed by atoms with E-state index >= 15 is 0 Å². The van der Waals surface area contributed by atoms with E-state index in [2.05, 4.69) is 10.6 Å². The lowest BCUT2D eigenvalue weighted by Gasteiger charge is -2.32. The first kappa shape index (κ1) is 43.6. The van der Waals surface area contributed by atoms with E-state index in [-0.39, 0.29) is 34.4 Å². The summed E-state index contributed by atoms with van der Waals surface area (Å²) in [6, 6.07) is -1.37. The molecule has 2 saturated carbocycles. The maximum Gasteiger partial charge on any atom is 0.407 e. The first-order valence-electron chi connectivity index (χ1n) is 13.3. The summed E-state index contributed by atoms with van der Waals surface area (Å²) >= 11 is 0. The Labute approximate surface area is 259 Å². The Hall–Kier alpha value is -1.90. The number of alkyl carbamates (subject to hydrolysis) is 2. The second kappa shape index (κ2) is 19.3. The quantitative estimate of drug-likeness (QED) is 0.212. The average molecular weight is 629 g/mol. The van der Waals surface area contributed by atoms with Gasteiger partial charge in [-0.1, -0.05) is 46.0 Å². The van der Waals surface area contributed by atoms with E-state index in [4.69, 9.17) is 20.9 Å². The number of amides is 4. The minimum Gasteiger partial charge on any atom is -0.444 e. The number of aliphatic hydroxyl groups is 2. The number of nitrogens with one attached hydrogen (secondary N) is 2. The molecule has 0 aromatic carbocycles. The third-order valence-corrected chi connectivity index (χ3v) is 6.37. The normalized spacial score (nSPS) is 17.8. The third kappa shape index (κ3) is 18.3. The van der Waals surface area contributed by atoms with Crippen LogP contribution < -0.4 is 22.1 Å². The van der Waals surface area contributed by atoms with Crippen LogP contribution in [0.5, 0.6) is 0 Å². The molecule has 0 heterocycles. The summed E-state index contributed by atoms with van der Waals surface area (Å²) < 4.78 is 10.2. The first-order valence-corrected chi connectivity index (χ1v) is 13.3. The van der Waals surface area contributed by atoms with Gasteiger partial charge in [0, 0.05) is 0 Å². The van der Waals surface area contributed by atoms with E-state index in [1.54, 1.807) is 41.5 Å². The van der Waals surface area contributed by atoms with Gasteiger partial charge in [-0.15, -0.1) is 0 Å². The fraction of sp³-hybridized carbons (Fsp3) is 0.852. The molecular weight excluding hydrogens is 572 g/mol. The van der Waals surface area contributed by atoms with Gasteiger partial charge in [-0.2, -0.15) is 27.0 Å². The molecule has 12 nitrogen and oxygen atoms in total. The van der Waals surface area contributed by atoms with Crippen LogP contribution >= 0.6 is 27.0 Å². The molecule has 0 spiro atoms. The summed E-state index contributed by atoms with van der Waals surface area (Å²) in [5.41, 5.74) is 8.94. The van der Waals surface area contributed by atoms with Crippen LogP contribution in [0.15, 0.2) is 0 Å². The Morgan fingerprint density at radius 2 is 0.976 bits per heavy atom. The molecule has 2 aliphatic carbocycles. The molecule has 0 saturated heterocycles. The highest BCUT2D eigenvalue weighted by Gasteiger charge is 2.33. The predicted octanol–water partition coefficient (Wildman–Crippen LogP) is 2.69. The molecule has 0 aromatic rings. The van der Waals surface area contributed by atoms with Gasteiger partial charge in [0.2, 0.25) is 11.8 Å². The maximum absolute atomic E-state index is 11.7. The molecule has 4 amide bonds. The van der Waals surface area contributed by atoms with Gasteiger partial charge in [0.25, 0.3) is 0 Å². The summed E-state index contributed by atoms with van der Waals surface area (Å²) in [6.45, 7) is 10.5. The van der Waals surface area contributed by atoms with E-state index in [9.17, 15) is 29.4 Å². The van der Waals surface area contributed by atoms with Crippen molar-refractivity contribution in [2.45, 2.75) is 136 Å². The molecule has 8 N–H and O–H groups in total. The number of aliphatic hydroxyl groups excluding tert-OH is 2. The highest BCUT2D eigenvalue weighted by molar-refractivity contribution is 7.59. The third-order valence-electron chi connectivity index (χ3n) is 6.37. The molecule has 14 heteroatoms. The van der Waals surface area contributed by atoms with Crippen LogP contribution in [0.1, 0.15) is 100 Å². The van der Waals surface area contributed by atoms with Gasteiger partial charge in [-0.25, -0.2) is 9.59 Å². The molecule has 0 bridgehead atoms. The van der Waals surface area contributed by atoms with Gasteiger partial charge in [0.15, 0.2) is 12.2 Å². The highest BCUT2D eigenvalue weighted by atomic mass is 32.1. The van der Waals surface area contributed by atoms with Gasteiger partial charge in [0.05, 0.1) is 12.1 Å². The van der Waals surface area contributed by atoms with E-state index in [1.807, 2.05) is 0 Å². The number of carbonyl (C=O) groups is 4. The van der Waals surface area contributed by atoms with Crippen LogP contribution in [-0.2, 0) is 19.1 Å². The second-order valence-corrected chi connectivity index (χ2v) is 12.3. The monoisotopic (exact) mass is 628 g/mol. The Morgan fingerprint density at radius 1 is 0.707 bits per heavy atom. The fourth-order valence-electron chi connectivity index (χ4n) is 4.02. The maximum atomic E-state index is 11.7. The Bertz CT molecular complexity index is 746. The molecule has 2 rings (SSSR count). The molecule has 4 atom stereocenters. The lowest BCUT2D eigenvalue weighted by atomic mass is 9.80. The van der Waals surface area contributed by atoms with Crippen molar-refractivity contribution in [3.8, 4) is 0 Å². The lowest BCUT2D eigenvalue weighted by molar-refractivity contribution is -0.128. The van der Waals surface area contributed by atoms with Crippen molar-refractivity contribution in [2.24, 2.45) is 23.3 Å². The molecule has 0 radical (unpaired) electrons. The van der Waals surface area contributed by atoms with Gasteiger partial charge >= 0.3 is 12.2 Å². The number of hydrogen-bond donors (Lipinski definition) is 6. The van der Waals surface area contributed by atoms with Crippen molar-refractivity contribution in [3.05, 3.63) is 0 Å². The Morgan fingerprint density at radius 3 is 1.15 bits per heavy atom. The summed E-state index contributed by atoms with van der Waals surface area (Å²) in [4.78, 5) is 45.5. The number of carbonyl (C=O) groups excluding carboxylic acids is 4. The van der Waals surface area contributed by atoms with Crippen molar-refractivity contribution in [1.29, 1.82) is 0 Å². The highest BCUT2D eigenvalue weighted by Crippen LogP contribution is 2.32. The predicted molar refractivity (Wildman–Crippen MR) is 168 cm³/mol. The molecule has 0 aromatic heterocycles. The molecule has 0 aliphatic heterocycles. The number of nitrogens with two attached hydrogens (primary N) is 2.